The summed E-state index contributed by atoms with van der Waals surface area (Å²) in [5.41, 5.74) is 0. The molecule has 1 rings (SSSR count). The quantitative estimate of drug-likeness (QED) is 0.595. The Kier molecular flexibility index (Phi) is 7.69. The minimum atomic E-state index is -2.95. The number of nitrogens with one attached hydrogen (secondary N) is 1. The molecule has 0 saturated carbocycles. The van der Waals surface area contributed by atoms with Crippen LogP contribution in [0.1, 0.15) is 20.8 Å². The van der Waals surface area contributed by atoms with Gasteiger partial charge in [0.2, 0.25) is 0 Å². The Morgan fingerprint density at radius 1 is 1.53 bits per heavy atom. The first-order valence-corrected chi connectivity index (χ1v) is 10.1. The van der Waals surface area contributed by atoms with Gasteiger partial charge < -0.3 is 14.2 Å². The summed E-state index contributed by atoms with van der Waals surface area (Å²) >= 11 is 6.64. The molecule has 0 aromatic heterocycles. The van der Waals surface area contributed by atoms with Gasteiger partial charge in [-0.2, -0.15) is 0 Å². The molecule has 1 fully saturated rings. The number of rotatable bonds is 6. The van der Waals surface area contributed by atoms with Crippen molar-refractivity contribution in [2.45, 2.75) is 20.8 Å². The third-order valence-corrected chi connectivity index (χ3v) is 7.22. The molecule has 0 amide bonds. The van der Waals surface area contributed by atoms with E-state index in [1.165, 1.54) is 11.4 Å². The Morgan fingerprint density at radius 3 is 2.68 bits per heavy atom. The van der Waals surface area contributed by atoms with Gasteiger partial charge in [0.1, 0.15) is 0 Å². The van der Waals surface area contributed by atoms with Crippen molar-refractivity contribution in [3.05, 3.63) is 0 Å². The van der Waals surface area contributed by atoms with Crippen LogP contribution in [-0.4, -0.2) is 48.7 Å². The predicted molar refractivity (Wildman–Crippen MR) is 84.7 cm³/mol. The predicted octanol–water partition coefficient (Wildman–Crippen LogP) is 2.73. The third kappa shape index (κ3) is 6.45. The van der Waals surface area contributed by atoms with E-state index in [9.17, 15) is 4.57 Å². The standard InChI is InChI=1S/C11H23N2O3PS2/c1-4-16-17(14,19-9-10(2)3)12-11(18)13-5-7-15-8-6-13/h10H,4-9H2,1-3H3,(H,12,14,18). The van der Waals surface area contributed by atoms with E-state index in [4.69, 9.17) is 21.5 Å². The molecule has 112 valence electrons. The van der Waals surface area contributed by atoms with Crippen molar-refractivity contribution >= 4 is 35.4 Å². The van der Waals surface area contributed by atoms with Crippen molar-refractivity contribution in [2.24, 2.45) is 5.92 Å². The number of thiocarbonyl (C=S) groups is 1. The van der Waals surface area contributed by atoms with Crippen LogP contribution in [0.2, 0.25) is 0 Å². The van der Waals surface area contributed by atoms with Crippen LogP contribution in [0.5, 0.6) is 0 Å². The molecule has 0 aliphatic carbocycles. The second kappa shape index (κ2) is 8.47. The molecule has 0 radical (unpaired) electrons. The van der Waals surface area contributed by atoms with Crippen LogP contribution < -0.4 is 5.09 Å². The van der Waals surface area contributed by atoms with Gasteiger partial charge in [0, 0.05) is 18.8 Å². The first kappa shape index (κ1) is 17.2. The maximum atomic E-state index is 12.7. The minimum absolute atomic E-state index is 0.404. The molecular weight excluding hydrogens is 303 g/mol. The average molecular weight is 326 g/mol. The summed E-state index contributed by atoms with van der Waals surface area (Å²) in [7, 11) is 0. The smallest absolute Gasteiger partial charge is 0.352 e. The van der Waals surface area contributed by atoms with Crippen molar-refractivity contribution in [3.8, 4) is 0 Å². The van der Waals surface area contributed by atoms with E-state index in [1.807, 2.05) is 11.8 Å². The van der Waals surface area contributed by atoms with Crippen molar-refractivity contribution in [1.29, 1.82) is 0 Å². The Morgan fingerprint density at radius 2 is 2.16 bits per heavy atom. The largest absolute Gasteiger partial charge is 0.378 e. The van der Waals surface area contributed by atoms with E-state index < -0.39 is 6.72 Å². The van der Waals surface area contributed by atoms with Gasteiger partial charge in [0.15, 0.2) is 5.11 Å². The van der Waals surface area contributed by atoms with Crippen LogP contribution in [0.3, 0.4) is 0 Å². The molecule has 1 N–H and O–H groups in total. The topological polar surface area (TPSA) is 50.8 Å². The lowest BCUT2D eigenvalue weighted by molar-refractivity contribution is 0.0681. The maximum absolute atomic E-state index is 12.7. The second-order valence-electron chi connectivity index (χ2n) is 4.62. The molecule has 0 spiro atoms. The van der Waals surface area contributed by atoms with Gasteiger partial charge in [-0.1, -0.05) is 13.8 Å². The lowest BCUT2D eigenvalue weighted by atomic mass is 10.3. The van der Waals surface area contributed by atoms with E-state index in [0.29, 0.717) is 30.9 Å². The molecule has 1 saturated heterocycles. The van der Waals surface area contributed by atoms with Crippen LogP contribution in [0.4, 0.5) is 0 Å². The van der Waals surface area contributed by atoms with Crippen molar-refractivity contribution < 1.29 is 13.8 Å². The number of hydrogen-bond acceptors (Lipinski definition) is 5. The van der Waals surface area contributed by atoms with E-state index in [1.54, 1.807) is 0 Å². The first-order valence-electron chi connectivity index (χ1n) is 6.51. The number of nitrogens with zero attached hydrogens (tertiary/aromatic N) is 1. The summed E-state index contributed by atoms with van der Waals surface area (Å²) in [5, 5.41) is 3.41. The number of ether oxygens (including phenoxy) is 1. The van der Waals surface area contributed by atoms with Crippen molar-refractivity contribution in [1.82, 2.24) is 9.99 Å². The van der Waals surface area contributed by atoms with Crippen LogP contribution in [0.15, 0.2) is 0 Å². The zero-order chi connectivity index (χ0) is 14.3. The Bertz CT molecular complexity index is 336. The van der Waals surface area contributed by atoms with Gasteiger partial charge in [0.05, 0.1) is 19.8 Å². The van der Waals surface area contributed by atoms with Crippen molar-refractivity contribution in [3.63, 3.8) is 0 Å². The summed E-state index contributed by atoms with van der Waals surface area (Å²) in [6.07, 6.45) is 0. The molecule has 1 aliphatic heterocycles. The van der Waals surface area contributed by atoms with E-state index in [0.717, 1.165) is 18.8 Å². The number of morpholine rings is 1. The zero-order valence-electron chi connectivity index (χ0n) is 11.8. The molecule has 0 aromatic rings. The van der Waals surface area contributed by atoms with Crippen LogP contribution in [0, 0.1) is 5.92 Å². The molecule has 0 aromatic carbocycles. The van der Waals surface area contributed by atoms with Crippen LogP contribution >= 0.6 is 30.3 Å². The molecule has 19 heavy (non-hydrogen) atoms. The van der Waals surface area contributed by atoms with Gasteiger partial charge in [-0.3, -0.25) is 9.65 Å². The lowest BCUT2D eigenvalue weighted by Crippen LogP contribution is -2.45. The zero-order valence-corrected chi connectivity index (χ0v) is 14.3. The van der Waals surface area contributed by atoms with Crippen LogP contribution in [0.25, 0.3) is 0 Å². The van der Waals surface area contributed by atoms with Gasteiger partial charge in [-0.15, -0.1) is 0 Å². The SMILES string of the molecule is CCOP(=O)(NC(=S)N1CCOCC1)SCC(C)C. The van der Waals surface area contributed by atoms with Gasteiger partial charge in [-0.25, -0.2) is 0 Å². The van der Waals surface area contributed by atoms with Gasteiger partial charge >= 0.3 is 6.72 Å². The molecule has 1 heterocycles. The fourth-order valence-corrected chi connectivity index (χ4v) is 6.08. The highest BCUT2D eigenvalue weighted by molar-refractivity contribution is 8.56. The molecule has 1 atom stereocenters. The molecule has 8 heteroatoms. The Labute approximate surface area is 125 Å². The monoisotopic (exact) mass is 326 g/mol. The molecular formula is C11H23N2O3PS2. The average Bonchev–Trinajstić information content (AvgIpc) is 2.38. The van der Waals surface area contributed by atoms with Gasteiger partial charge in [-0.05, 0) is 36.4 Å². The molecule has 0 bridgehead atoms. The summed E-state index contributed by atoms with van der Waals surface area (Å²) in [6.45, 7) is 6.22. The highest BCUT2D eigenvalue weighted by Crippen LogP contribution is 2.56. The molecule has 1 aliphatic rings. The second-order valence-corrected chi connectivity index (χ2v) is 9.29. The fourth-order valence-electron chi connectivity index (χ4n) is 1.47. The summed E-state index contributed by atoms with van der Waals surface area (Å²) in [6, 6.07) is 0. The Balaban J connectivity index is 2.55. The summed E-state index contributed by atoms with van der Waals surface area (Å²) in [4.78, 5) is 1.97. The highest BCUT2D eigenvalue weighted by atomic mass is 32.7. The van der Waals surface area contributed by atoms with Crippen molar-refractivity contribution in [2.75, 3.05) is 38.7 Å². The minimum Gasteiger partial charge on any atom is -0.378 e. The third-order valence-electron chi connectivity index (χ3n) is 2.41. The first-order chi connectivity index (χ1) is 8.97. The molecule has 5 nitrogen and oxygen atoms in total. The number of hydrogen-bond donors (Lipinski definition) is 1. The highest BCUT2D eigenvalue weighted by Gasteiger charge is 2.27. The van der Waals surface area contributed by atoms with Gasteiger partial charge in [0.25, 0.3) is 0 Å². The normalized spacial score (nSPS) is 19.3. The summed E-state index contributed by atoms with van der Waals surface area (Å²) < 4.78 is 23.3. The van der Waals surface area contributed by atoms with E-state index in [-0.39, 0.29) is 0 Å². The Hall–Kier alpha value is 0.190. The maximum Gasteiger partial charge on any atom is 0.352 e. The van der Waals surface area contributed by atoms with Crippen LogP contribution in [-0.2, 0) is 13.8 Å². The lowest BCUT2D eigenvalue weighted by Gasteiger charge is -2.31. The summed E-state index contributed by atoms with van der Waals surface area (Å²) in [5.74, 6) is 1.23. The molecule has 1 unspecified atom stereocenters. The van der Waals surface area contributed by atoms with E-state index in [2.05, 4.69) is 18.9 Å². The van der Waals surface area contributed by atoms with E-state index >= 15 is 0 Å². The fraction of sp³-hybridized carbons (Fsp3) is 0.909.